The molecule has 0 saturated heterocycles. The summed E-state index contributed by atoms with van der Waals surface area (Å²) in [6, 6.07) is 5.04. The Labute approximate surface area is 149 Å². The van der Waals surface area contributed by atoms with E-state index in [0.717, 1.165) is 4.57 Å². The summed E-state index contributed by atoms with van der Waals surface area (Å²) < 4.78 is 1.16. The number of rotatable bonds is 4. The summed E-state index contributed by atoms with van der Waals surface area (Å²) in [5.41, 5.74) is -1.12. The van der Waals surface area contributed by atoms with Crippen LogP contribution in [0.2, 0.25) is 10.0 Å². The average Bonchev–Trinajstić information content (AvgIpc) is 2.50. The second-order valence-electron chi connectivity index (χ2n) is 5.98. The van der Waals surface area contributed by atoms with Gasteiger partial charge in [0.2, 0.25) is 5.91 Å². The van der Waals surface area contributed by atoms with Crippen molar-refractivity contribution in [2.45, 2.75) is 32.9 Å². The van der Waals surface area contributed by atoms with Crippen LogP contribution in [0.25, 0.3) is 10.9 Å². The van der Waals surface area contributed by atoms with Crippen molar-refractivity contribution in [3.05, 3.63) is 38.9 Å². The minimum Gasteiger partial charge on any atom is -0.336 e. The minimum atomic E-state index is -1.02. The molecule has 1 N–H and O–H groups in total. The molecule has 0 aliphatic rings. The molecule has 1 aromatic carbocycles. The standard InChI is InChI=1S/C16H16Cl2N4O2/c1-9(2)16(3,7-19)21-13(23)6-22-8-20-14-11(15(22)24)4-10(17)5-12(14)18/h4-5,8-9H,6H2,1-3H3,(H,21,23)/t16-/m0/s1. The zero-order valence-electron chi connectivity index (χ0n) is 13.4. The van der Waals surface area contributed by atoms with Crippen molar-refractivity contribution in [2.24, 2.45) is 5.92 Å². The van der Waals surface area contributed by atoms with Crippen LogP contribution >= 0.6 is 23.2 Å². The molecule has 0 saturated carbocycles. The van der Waals surface area contributed by atoms with Crippen LogP contribution in [0.1, 0.15) is 20.8 Å². The van der Waals surface area contributed by atoms with Crippen molar-refractivity contribution in [3.63, 3.8) is 0 Å². The van der Waals surface area contributed by atoms with E-state index in [9.17, 15) is 14.9 Å². The summed E-state index contributed by atoms with van der Waals surface area (Å²) in [7, 11) is 0. The molecule has 2 rings (SSSR count). The molecule has 1 aromatic heterocycles. The Morgan fingerprint density at radius 2 is 2.12 bits per heavy atom. The molecule has 0 aliphatic carbocycles. The van der Waals surface area contributed by atoms with Crippen LogP contribution in [0, 0.1) is 17.2 Å². The molecule has 1 atom stereocenters. The van der Waals surface area contributed by atoms with E-state index in [-0.39, 0.29) is 22.9 Å². The predicted octanol–water partition coefficient (Wildman–Crippen LogP) is 2.76. The molecule has 0 radical (unpaired) electrons. The first-order chi connectivity index (χ1) is 11.2. The largest absolute Gasteiger partial charge is 0.336 e. The SMILES string of the molecule is CC(C)[C@](C)(C#N)NC(=O)Cn1cnc2c(Cl)cc(Cl)cc2c1=O. The number of nitrogens with zero attached hydrogens (tertiary/aromatic N) is 3. The maximum absolute atomic E-state index is 12.5. The Hall–Kier alpha value is -2.10. The summed E-state index contributed by atoms with van der Waals surface area (Å²) in [5, 5.41) is 12.7. The van der Waals surface area contributed by atoms with Crippen LogP contribution in [0.15, 0.2) is 23.3 Å². The van der Waals surface area contributed by atoms with Crippen molar-refractivity contribution in [2.75, 3.05) is 0 Å². The number of amides is 1. The van der Waals surface area contributed by atoms with Crippen LogP contribution in [-0.4, -0.2) is 21.0 Å². The fourth-order valence-electron chi connectivity index (χ4n) is 2.09. The lowest BCUT2D eigenvalue weighted by atomic mass is 9.90. The first-order valence-corrected chi connectivity index (χ1v) is 8.00. The summed E-state index contributed by atoms with van der Waals surface area (Å²) >= 11 is 11.9. The van der Waals surface area contributed by atoms with Crippen molar-refractivity contribution >= 4 is 40.0 Å². The summed E-state index contributed by atoms with van der Waals surface area (Å²) in [5.74, 6) is -0.542. The van der Waals surface area contributed by atoms with Gasteiger partial charge in [-0.25, -0.2) is 4.98 Å². The van der Waals surface area contributed by atoms with Crippen molar-refractivity contribution in [3.8, 4) is 6.07 Å². The third-order valence-corrected chi connectivity index (χ3v) is 4.45. The maximum atomic E-state index is 12.5. The number of fused-ring (bicyclic) bond motifs is 1. The van der Waals surface area contributed by atoms with Gasteiger partial charge in [-0.3, -0.25) is 14.2 Å². The van der Waals surface area contributed by atoms with E-state index in [0.29, 0.717) is 10.5 Å². The van der Waals surface area contributed by atoms with Crippen LogP contribution in [-0.2, 0) is 11.3 Å². The highest BCUT2D eigenvalue weighted by Gasteiger charge is 2.30. The predicted molar refractivity (Wildman–Crippen MR) is 93.0 cm³/mol. The molecule has 1 heterocycles. The number of carbonyl (C=O) groups excluding carboxylic acids is 1. The number of halogens is 2. The molecule has 0 unspecified atom stereocenters. The molecule has 24 heavy (non-hydrogen) atoms. The van der Waals surface area contributed by atoms with Gasteiger partial charge in [0.05, 0.1) is 28.3 Å². The van der Waals surface area contributed by atoms with Gasteiger partial charge in [0.15, 0.2) is 0 Å². The molecule has 8 heteroatoms. The van der Waals surface area contributed by atoms with E-state index in [4.69, 9.17) is 23.2 Å². The third-order valence-electron chi connectivity index (χ3n) is 3.95. The van der Waals surface area contributed by atoms with E-state index in [1.54, 1.807) is 6.92 Å². The Morgan fingerprint density at radius 1 is 1.46 bits per heavy atom. The fraction of sp³-hybridized carbons (Fsp3) is 0.375. The molecular weight excluding hydrogens is 351 g/mol. The molecule has 6 nitrogen and oxygen atoms in total. The van der Waals surface area contributed by atoms with Gasteiger partial charge in [0, 0.05) is 5.02 Å². The van der Waals surface area contributed by atoms with Gasteiger partial charge in [0.1, 0.15) is 12.1 Å². The highest BCUT2D eigenvalue weighted by molar-refractivity contribution is 6.38. The number of carbonyl (C=O) groups is 1. The summed E-state index contributed by atoms with van der Waals surface area (Å²) in [6.45, 7) is 5.04. The molecule has 0 aliphatic heterocycles. The van der Waals surface area contributed by atoms with E-state index in [1.165, 1.54) is 18.5 Å². The Kier molecular flexibility index (Phi) is 5.16. The minimum absolute atomic E-state index is 0.0875. The second-order valence-corrected chi connectivity index (χ2v) is 6.82. The molecule has 0 spiro atoms. The zero-order valence-corrected chi connectivity index (χ0v) is 14.9. The lowest BCUT2D eigenvalue weighted by molar-refractivity contribution is -0.123. The average molecular weight is 367 g/mol. The molecular formula is C16H16Cl2N4O2. The third kappa shape index (κ3) is 3.53. The van der Waals surface area contributed by atoms with Gasteiger partial charge in [-0.15, -0.1) is 0 Å². The Balaban J connectivity index is 2.35. The van der Waals surface area contributed by atoms with Crippen LogP contribution < -0.4 is 10.9 Å². The fourth-order valence-corrected chi connectivity index (χ4v) is 2.63. The number of hydrogen-bond donors (Lipinski definition) is 1. The number of nitrogens with one attached hydrogen (secondary N) is 1. The monoisotopic (exact) mass is 366 g/mol. The summed E-state index contributed by atoms with van der Waals surface area (Å²) in [4.78, 5) is 28.8. The highest BCUT2D eigenvalue weighted by atomic mass is 35.5. The van der Waals surface area contributed by atoms with E-state index >= 15 is 0 Å². The smallest absolute Gasteiger partial charge is 0.261 e. The topological polar surface area (TPSA) is 87.8 Å². The first-order valence-electron chi connectivity index (χ1n) is 7.24. The van der Waals surface area contributed by atoms with Crippen molar-refractivity contribution < 1.29 is 4.79 Å². The molecule has 1 amide bonds. The van der Waals surface area contributed by atoms with Crippen molar-refractivity contribution in [1.82, 2.24) is 14.9 Å². The van der Waals surface area contributed by atoms with Gasteiger partial charge in [-0.2, -0.15) is 5.26 Å². The number of aromatic nitrogens is 2. The van der Waals surface area contributed by atoms with E-state index in [2.05, 4.69) is 16.4 Å². The number of hydrogen-bond acceptors (Lipinski definition) is 4. The van der Waals surface area contributed by atoms with Gasteiger partial charge < -0.3 is 5.32 Å². The zero-order chi connectivity index (χ0) is 18.1. The normalized spacial score (nSPS) is 13.5. The van der Waals surface area contributed by atoms with Crippen LogP contribution in [0.4, 0.5) is 0 Å². The highest BCUT2D eigenvalue weighted by Crippen LogP contribution is 2.24. The lowest BCUT2D eigenvalue weighted by Crippen LogP contribution is -2.50. The van der Waals surface area contributed by atoms with Gasteiger partial charge in [0.25, 0.3) is 5.56 Å². The molecule has 0 bridgehead atoms. The second kappa shape index (κ2) is 6.80. The van der Waals surface area contributed by atoms with E-state index in [1.807, 2.05) is 13.8 Å². The summed E-state index contributed by atoms with van der Waals surface area (Å²) in [6.07, 6.45) is 1.25. The first kappa shape index (κ1) is 18.2. The van der Waals surface area contributed by atoms with Crippen LogP contribution in [0.5, 0.6) is 0 Å². The van der Waals surface area contributed by atoms with Gasteiger partial charge >= 0.3 is 0 Å². The molecule has 0 fully saturated rings. The van der Waals surface area contributed by atoms with E-state index < -0.39 is 17.0 Å². The maximum Gasteiger partial charge on any atom is 0.261 e. The Morgan fingerprint density at radius 3 is 2.71 bits per heavy atom. The van der Waals surface area contributed by atoms with Crippen LogP contribution in [0.3, 0.4) is 0 Å². The molecule has 126 valence electrons. The number of nitriles is 1. The van der Waals surface area contributed by atoms with Gasteiger partial charge in [-0.05, 0) is 25.0 Å². The quantitative estimate of drug-likeness (QED) is 0.900. The molecule has 2 aromatic rings. The lowest BCUT2D eigenvalue weighted by Gasteiger charge is -2.27. The van der Waals surface area contributed by atoms with Gasteiger partial charge in [-0.1, -0.05) is 37.0 Å². The Bertz CT molecular complexity index is 901. The van der Waals surface area contributed by atoms with Crippen molar-refractivity contribution in [1.29, 1.82) is 5.26 Å². The number of benzene rings is 1.